The van der Waals surface area contributed by atoms with E-state index >= 15 is 0 Å². The number of ether oxygens (including phenoxy) is 1. The largest absolute Gasteiger partial charge is 0.447 e. The van der Waals surface area contributed by atoms with Crippen LogP contribution in [0, 0.1) is 0 Å². The molecule has 0 aliphatic carbocycles. The lowest BCUT2D eigenvalue weighted by molar-refractivity contribution is 0.181. The molecule has 0 bridgehead atoms. The molecule has 1 amide bonds. The number of para-hydroxylation sites is 1. The van der Waals surface area contributed by atoms with Crippen LogP contribution in [0.3, 0.4) is 0 Å². The van der Waals surface area contributed by atoms with Gasteiger partial charge in [-0.25, -0.2) is 18.4 Å². The molecule has 7 heteroatoms. The van der Waals surface area contributed by atoms with Crippen molar-refractivity contribution in [1.82, 2.24) is 0 Å². The highest BCUT2D eigenvalue weighted by Gasteiger charge is 2.28. The summed E-state index contributed by atoms with van der Waals surface area (Å²) in [5, 5.41) is 5.06. The molecule has 0 aromatic heterocycles. The number of hydrogen-bond donors (Lipinski definition) is 1. The van der Waals surface area contributed by atoms with E-state index in [1.165, 1.54) is 17.0 Å². The summed E-state index contributed by atoms with van der Waals surface area (Å²) < 4.78 is 27.4. The average Bonchev–Trinajstić information content (AvgIpc) is 2.63. The van der Waals surface area contributed by atoms with E-state index in [0.29, 0.717) is 6.54 Å². The van der Waals surface area contributed by atoms with Gasteiger partial charge in [0, 0.05) is 0 Å². The van der Waals surface area contributed by atoms with Crippen molar-refractivity contribution in [2.75, 3.05) is 18.1 Å². The molecule has 0 atom stereocenters. The molecular weight excluding hydrogens is 232 g/mol. The molecule has 0 saturated carbocycles. The SMILES string of the molecule is NS(=O)(=O)c1ccccc1N1CCOC1=O. The second-order valence-corrected chi connectivity index (χ2v) is 4.81. The fraction of sp³-hybridized carbons (Fsp3) is 0.222. The fourth-order valence-electron chi connectivity index (χ4n) is 1.53. The standard InChI is InChI=1S/C9H10N2O4S/c10-16(13,14)8-4-2-1-3-7(8)11-5-6-15-9(11)12/h1-4H,5-6H2,(H2,10,13,14). The molecule has 1 fully saturated rings. The maximum atomic E-state index is 11.3. The van der Waals surface area contributed by atoms with Gasteiger partial charge >= 0.3 is 6.09 Å². The number of carbonyl (C=O) groups is 1. The maximum Gasteiger partial charge on any atom is 0.414 e. The Morgan fingerprint density at radius 1 is 1.31 bits per heavy atom. The third-order valence-electron chi connectivity index (χ3n) is 2.22. The van der Waals surface area contributed by atoms with Crippen molar-refractivity contribution in [1.29, 1.82) is 0 Å². The number of amides is 1. The Morgan fingerprint density at radius 3 is 2.56 bits per heavy atom. The Labute approximate surface area is 92.7 Å². The number of primary sulfonamides is 1. The van der Waals surface area contributed by atoms with Gasteiger partial charge in [0.2, 0.25) is 10.0 Å². The summed E-state index contributed by atoms with van der Waals surface area (Å²) in [6.45, 7) is 0.573. The summed E-state index contributed by atoms with van der Waals surface area (Å²) in [6.07, 6.45) is -0.559. The van der Waals surface area contributed by atoms with Crippen LogP contribution in [0.2, 0.25) is 0 Å². The van der Waals surface area contributed by atoms with Crippen LogP contribution in [-0.4, -0.2) is 27.7 Å². The molecule has 0 unspecified atom stereocenters. The van der Waals surface area contributed by atoms with Gasteiger partial charge in [0.05, 0.1) is 12.2 Å². The van der Waals surface area contributed by atoms with Crippen LogP contribution in [0.25, 0.3) is 0 Å². The van der Waals surface area contributed by atoms with Crippen LogP contribution >= 0.6 is 0 Å². The molecule has 1 aromatic carbocycles. The molecule has 1 saturated heterocycles. The summed E-state index contributed by atoms with van der Waals surface area (Å²) in [5.41, 5.74) is 0.257. The Balaban J connectivity index is 2.53. The van der Waals surface area contributed by atoms with Crippen molar-refractivity contribution in [3.63, 3.8) is 0 Å². The Kier molecular flexibility index (Phi) is 2.56. The van der Waals surface area contributed by atoms with Crippen molar-refractivity contribution < 1.29 is 17.9 Å². The van der Waals surface area contributed by atoms with Crippen molar-refractivity contribution >= 4 is 21.8 Å². The van der Waals surface area contributed by atoms with Gasteiger partial charge in [-0.1, -0.05) is 12.1 Å². The van der Waals surface area contributed by atoms with Crippen LogP contribution in [-0.2, 0) is 14.8 Å². The van der Waals surface area contributed by atoms with Gasteiger partial charge in [0.25, 0.3) is 0 Å². The molecular formula is C9H10N2O4S. The van der Waals surface area contributed by atoms with Crippen molar-refractivity contribution in [3.05, 3.63) is 24.3 Å². The zero-order valence-corrected chi connectivity index (χ0v) is 9.11. The fourth-order valence-corrected chi connectivity index (χ4v) is 2.27. The topological polar surface area (TPSA) is 89.7 Å². The number of carbonyl (C=O) groups excluding carboxylic acids is 1. The van der Waals surface area contributed by atoms with Crippen LogP contribution in [0.15, 0.2) is 29.2 Å². The minimum atomic E-state index is -3.84. The lowest BCUT2D eigenvalue weighted by Crippen LogP contribution is -2.26. The van der Waals surface area contributed by atoms with Gasteiger partial charge in [0.1, 0.15) is 11.5 Å². The molecule has 1 heterocycles. The number of nitrogens with two attached hydrogens (primary N) is 1. The average molecular weight is 242 g/mol. The minimum Gasteiger partial charge on any atom is -0.447 e. The van der Waals surface area contributed by atoms with E-state index in [-0.39, 0.29) is 17.2 Å². The molecule has 16 heavy (non-hydrogen) atoms. The summed E-state index contributed by atoms with van der Waals surface area (Å²) in [6, 6.07) is 6.06. The summed E-state index contributed by atoms with van der Waals surface area (Å²) in [5.74, 6) is 0. The van der Waals surface area contributed by atoms with E-state index in [1.807, 2.05) is 0 Å². The van der Waals surface area contributed by atoms with E-state index in [1.54, 1.807) is 12.1 Å². The third kappa shape index (κ3) is 1.86. The van der Waals surface area contributed by atoms with E-state index in [4.69, 9.17) is 9.88 Å². The first-order valence-corrected chi connectivity index (χ1v) is 6.11. The Hall–Kier alpha value is -1.60. The van der Waals surface area contributed by atoms with Crippen LogP contribution in [0.5, 0.6) is 0 Å². The molecule has 0 radical (unpaired) electrons. The number of nitrogens with zero attached hydrogens (tertiary/aromatic N) is 1. The minimum absolute atomic E-state index is 0.0751. The predicted molar refractivity (Wildman–Crippen MR) is 56.5 cm³/mol. The second kappa shape index (κ2) is 3.76. The monoisotopic (exact) mass is 242 g/mol. The lowest BCUT2D eigenvalue weighted by Gasteiger charge is -2.15. The number of cyclic esters (lactones) is 1. The number of benzene rings is 1. The van der Waals surface area contributed by atoms with Gasteiger partial charge in [0.15, 0.2) is 0 Å². The zero-order chi connectivity index (χ0) is 11.8. The summed E-state index contributed by atoms with van der Waals surface area (Å²) in [7, 11) is -3.84. The smallest absolute Gasteiger partial charge is 0.414 e. The predicted octanol–water partition coefficient (Wildman–Crippen LogP) is 0.291. The number of sulfonamides is 1. The Morgan fingerprint density at radius 2 is 2.00 bits per heavy atom. The molecule has 2 N–H and O–H groups in total. The highest BCUT2D eigenvalue weighted by Crippen LogP contribution is 2.26. The summed E-state index contributed by atoms with van der Waals surface area (Å²) >= 11 is 0. The van der Waals surface area contributed by atoms with Gasteiger partial charge in [-0.05, 0) is 12.1 Å². The number of rotatable bonds is 2. The normalized spacial score (nSPS) is 16.3. The first kappa shape index (κ1) is 10.9. The van der Waals surface area contributed by atoms with Crippen LogP contribution < -0.4 is 10.0 Å². The van der Waals surface area contributed by atoms with E-state index in [0.717, 1.165) is 0 Å². The third-order valence-corrected chi connectivity index (χ3v) is 3.18. The summed E-state index contributed by atoms with van der Waals surface area (Å²) in [4.78, 5) is 12.5. The molecule has 1 aromatic rings. The van der Waals surface area contributed by atoms with E-state index < -0.39 is 16.1 Å². The van der Waals surface area contributed by atoms with Gasteiger partial charge in [-0.15, -0.1) is 0 Å². The van der Waals surface area contributed by atoms with E-state index in [9.17, 15) is 13.2 Å². The van der Waals surface area contributed by atoms with Crippen molar-refractivity contribution in [2.24, 2.45) is 5.14 Å². The maximum absolute atomic E-state index is 11.3. The van der Waals surface area contributed by atoms with Crippen LogP contribution in [0.1, 0.15) is 0 Å². The molecule has 1 aliphatic rings. The first-order chi connectivity index (χ1) is 7.50. The van der Waals surface area contributed by atoms with Crippen molar-refractivity contribution in [3.8, 4) is 0 Å². The van der Waals surface area contributed by atoms with Crippen molar-refractivity contribution in [2.45, 2.75) is 4.90 Å². The first-order valence-electron chi connectivity index (χ1n) is 4.56. The number of hydrogen-bond acceptors (Lipinski definition) is 4. The van der Waals surface area contributed by atoms with E-state index in [2.05, 4.69) is 0 Å². The number of anilines is 1. The van der Waals surface area contributed by atoms with Gasteiger partial charge in [-0.2, -0.15) is 0 Å². The molecule has 86 valence electrons. The van der Waals surface area contributed by atoms with Gasteiger partial charge in [-0.3, -0.25) is 4.90 Å². The second-order valence-electron chi connectivity index (χ2n) is 3.28. The Bertz CT molecular complexity index is 526. The molecule has 6 nitrogen and oxygen atoms in total. The quantitative estimate of drug-likeness (QED) is 0.807. The highest BCUT2D eigenvalue weighted by atomic mass is 32.2. The molecule has 0 spiro atoms. The van der Waals surface area contributed by atoms with Crippen LogP contribution in [0.4, 0.5) is 10.5 Å². The molecule has 2 rings (SSSR count). The molecule has 1 aliphatic heterocycles. The highest BCUT2D eigenvalue weighted by molar-refractivity contribution is 7.89. The zero-order valence-electron chi connectivity index (χ0n) is 8.29. The van der Waals surface area contributed by atoms with Gasteiger partial charge < -0.3 is 4.74 Å². The lowest BCUT2D eigenvalue weighted by atomic mass is 10.3.